The van der Waals surface area contributed by atoms with Crippen LogP contribution in [0, 0.1) is 0 Å². The zero-order chi connectivity index (χ0) is 10.4. The van der Waals surface area contributed by atoms with Crippen LogP contribution in [0.5, 0.6) is 0 Å². The van der Waals surface area contributed by atoms with Gasteiger partial charge in [-0.2, -0.15) is 0 Å². The maximum Gasteiger partial charge on any atom is 0.252 e. The predicted octanol–water partition coefficient (Wildman–Crippen LogP) is 1.91. The van der Waals surface area contributed by atoms with Gasteiger partial charge in [0.05, 0.1) is 12.1 Å². The average molecular weight is 198 g/mol. The van der Waals surface area contributed by atoms with Crippen molar-refractivity contribution in [1.82, 2.24) is 5.06 Å². The monoisotopic (exact) mass is 198 g/mol. The van der Waals surface area contributed by atoms with Gasteiger partial charge in [0.15, 0.2) is 0 Å². The van der Waals surface area contributed by atoms with E-state index in [1.165, 1.54) is 0 Å². The number of hydrogen-bond donors (Lipinski definition) is 0. The van der Waals surface area contributed by atoms with E-state index in [0.29, 0.717) is 6.61 Å². The Balaban J connectivity index is 2.30. The molecule has 4 nitrogen and oxygen atoms in total. The minimum absolute atomic E-state index is 0.0869. The summed E-state index contributed by atoms with van der Waals surface area (Å²) >= 11 is 0. The normalized spacial score (nSPS) is 35.3. The third kappa shape index (κ3) is 1.17. The van der Waals surface area contributed by atoms with E-state index < -0.39 is 5.85 Å². The molecule has 0 amide bonds. The van der Waals surface area contributed by atoms with Gasteiger partial charge in [-0.15, -0.1) is 0 Å². The molecule has 2 rings (SSSR count). The molecule has 0 aliphatic carbocycles. The van der Waals surface area contributed by atoms with Crippen molar-refractivity contribution >= 4 is 5.90 Å². The van der Waals surface area contributed by atoms with E-state index in [9.17, 15) is 0 Å². The third-order valence-corrected chi connectivity index (χ3v) is 2.78. The number of nitrogens with zero attached hydrogens (tertiary/aromatic N) is 2. The molecule has 2 heterocycles. The van der Waals surface area contributed by atoms with Crippen molar-refractivity contribution in [2.75, 3.05) is 6.61 Å². The van der Waals surface area contributed by atoms with Crippen LogP contribution in [0.15, 0.2) is 4.99 Å². The molecule has 80 valence electrons. The van der Waals surface area contributed by atoms with Crippen molar-refractivity contribution in [3.8, 4) is 0 Å². The first kappa shape index (κ1) is 9.93. The van der Waals surface area contributed by atoms with E-state index in [2.05, 4.69) is 25.8 Å². The predicted molar refractivity (Wildman–Crippen MR) is 53.7 cm³/mol. The SMILES string of the molecule is CCC1=NC2(CC)OCC(C)(C)N2O1. The van der Waals surface area contributed by atoms with Crippen LogP contribution in [-0.2, 0) is 9.57 Å². The fourth-order valence-corrected chi connectivity index (χ4v) is 1.94. The molecule has 1 unspecified atom stereocenters. The van der Waals surface area contributed by atoms with Gasteiger partial charge in [0.1, 0.15) is 0 Å². The largest absolute Gasteiger partial charge is 0.385 e. The van der Waals surface area contributed by atoms with E-state index in [1.54, 1.807) is 0 Å². The van der Waals surface area contributed by atoms with Crippen molar-refractivity contribution in [3.63, 3.8) is 0 Å². The molecule has 0 aromatic carbocycles. The topological polar surface area (TPSA) is 34.1 Å². The van der Waals surface area contributed by atoms with Gasteiger partial charge in [-0.05, 0) is 13.8 Å². The van der Waals surface area contributed by atoms with Crippen LogP contribution in [0.25, 0.3) is 0 Å². The molecule has 0 N–H and O–H groups in total. The van der Waals surface area contributed by atoms with Crippen LogP contribution >= 0.6 is 0 Å². The lowest BCUT2D eigenvalue weighted by atomic mass is 10.1. The zero-order valence-electron chi connectivity index (χ0n) is 9.33. The first-order valence-electron chi connectivity index (χ1n) is 5.25. The van der Waals surface area contributed by atoms with Gasteiger partial charge in [0.25, 0.3) is 5.85 Å². The maximum absolute atomic E-state index is 5.77. The van der Waals surface area contributed by atoms with Crippen molar-refractivity contribution in [2.45, 2.75) is 51.9 Å². The molecular formula is C10H18N2O2. The maximum atomic E-state index is 5.77. The summed E-state index contributed by atoms with van der Waals surface area (Å²) in [5, 5.41) is 1.90. The standard InChI is InChI=1S/C10H18N2O2/c1-5-8-11-10(6-2)12(14-8)9(3,4)7-13-10/h5-7H2,1-4H3. The summed E-state index contributed by atoms with van der Waals surface area (Å²) in [6.45, 7) is 9.00. The first-order valence-corrected chi connectivity index (χ1v) is 5.25. The molecule has 1 saturated heterocycles. The van der Waals surface area contributed by atoms with Gasteiger partial charge in [-0.1, -0.05) is 18.9 Å². The summed E-state index contributed by atoms with van der Waals surface area (Å²) in [5.74, 6) is 0.231. The van der Waals surface area contributed by atoms with Gasteiger partial charge >= 0.3 is 0 Å². The Hall–Kier alpha value is -0.610. The number of aliphatic imine (C=N–C) groups is 1. The second-order valence-electron chi connectivity index (χ2n) is 4.44. The number of rotatable bonds is 2. The minimum atomic E-state index is -0.547. The number of hydrogen-bond acceptors (Lipinski definition) is 4. The van der Waals surface area contributed by atoms with E-state index in [0.717, 1.165) is 18.7 Å². The van der Waals surface area contributed by atoms with Crippen molar-refractivity contribution < 1.29 is 9.57 Å². The minimum Gasteiger partial charge on any atom is -0.385 e. The van der Waals surface area contributed by atoms with Crippen LogP contribution in [0.3, 0.4) is 0 Å². The third-order valence-electron chi connectivity index (χ3n) is 2.78. The summed E-state index contributed by atoms with van der Waals surface area (Å²) in [5.41, 5.74) is -0.0869. The van der Waals surface area contributed by atoms with Gasteiger partial charge in [-0.3, -0.25) is 0 Å². The highest BCUT2D eigenvalue weighted by atomic mass is 16.8. The Labute approximate surface area is 84.8 Å². The second kappa shape index (κ2) is 2.94. The molecule has 0 saturated carbocycles. The van der Waals surface area contributed by atoms with Gasteiger partial charge in [0.2, 0.25) is 5.90 Å². The van der Waals surface area contributed by atoms with Crippen molar-refractivity contribution in [2.24, 2.45) is 4.99 Å². The summed E-state index contributed by atoms with van der Waals surface area (Å²) in [6.07, 6.45) is 1.64. The fourth-order valence-electron chi connectivity index (χ4n) is 1.94. The summed E-state index contributed by atoms with van der Waals surface area (Å²) < 4.78 is 5.77. The lowest BCUT2D eigenvalue weighted by Gasteiger charge is -2.30. The molecule has 14 heavy (non-hydrogen) atoms. The van der Waals surface area contributed by atoms with Gasteiger partial charge < -0.3 is 9.57 Å². The number of ether oxygens (including phenoxy) is 1. The van der Waals surface area contributed by atoms with E-state index in [-0.39, 0.29) is 5.54 Å². The molecular weight excluding hydrogens is 180 g/mol. The number of hydroxylamine groups is 2. The quantitative estimate of drug-likeness (QED) is 0.679. The number of fused-ring (bicyclic) bond motifs is 1. The van der Waals surface area contributed by atoms with E-state index in [4.69, 9.17) is 9.57 Å². The Morgan fingerprint density at radius 3 is 2.64 bits per heavy atom. The smallest absolute Gasteiger partial charge is 0.252 e. The van der Waals surface area contributed by atoms with Crippen molar-refractivity contribution in [1.29, 1.82) is 0 Å². The van der Waals surface area contributed by atoms with Crippen LogP contribution in [0.2, 0.25) is 0 Å². The molecule has 4 heteroatoms. The van der Waals surface area contributed by atoms with Crippen LogP contribution in [0.1, 0.15) is 40.5 Å². The van der Waals surface area contributed by atoms with E-state index >= 15 is 0 Å². The molecule has 2 aliphatic heterocycles. The lowest BCUT2D eigenvalue weighted by Crippen LogP contribution is -2.47. The van der Waals surface area contributed by atoms with Crippen LogP contribution in [-0.4, -0.2) is 29.0 Å². The molecule has 0 spiro atoms. The van der Waals surface area contributed by atoms with Crippen LogP contribution in [0.4, 0.5) is 0 Å². The Morgan fingerprint density at radius 2 is 2.14 bits per heavy atom. The molecule has 1 atom stereocenters. The molecule has 1 fully saturated rings. The summed E-state index contributed by atoms with van der Waals surface area (Å²) in [6, 6.07) is 0. The lowest BCUT2D eigenvalue weighted by molar-refractivity contribution is -0.210. The average Bonchev–Trinajstić information content (AvgIpc) is 2.64. The highest BCUT2D eigenvalue weighted by Gasteiger charge is 2.57. The second-order valence-corrected chi connectivity index (χ2v) is 4.44. The van der Waals surface area contributed by atoms with Gasteiger partial charge in [-0.25, -0.2) is 4.99 Å². The molecule has 0 bridgehead atoms. The van der Waals surface area contributed by atoms with E-state index in [1.807, 2.05) is 12.0 Å². The van der Waals surface area contributed by atoms with Gasteiger partial charge in [0, 0.05) is 12.8 Å². The molecule has 0 aromatic rings. The summed E-state index contributed by atoms with van der Waals surface area (Å²) in [4.78, 5) is 10.2. The first-order chi connectivity index (χ1) is 6.54. The Bertz CT molecular complexity index is 275. The highest BCUT2D eigenvalue weighted by molar-refractivity contribution is 5.77. The molecule has 0 radical (unpaired) electrons. The summed E-state index contributed by atoms with van der Waals surface area (Å²) in [7, 11) is 0. The molecule has 2 aliphatic rings. The fraction of sp³-hybridized carbons (Fsp3) is 0.900. The van der Waals surface area contributed by atoms with Crippen molar-refractivity contribution in [3.05, 3.63) is 0 Å². The zero-order valence-corrected chi connectivity index (χ0v) is 9.33. The van der Waals surface area contributed by atoms with Crippen LogP contribution < -0.4 is 0 Å². The highest BCUT2D eigenvalue weighted by Crippen LogP contribution is 2.42. The Kier molecular flexibility index (Phi) is 2.08. The Morgan fingerprint density at radius 1 is 1.43 bits per heavy atom. The molecule has 0 aromatic heterocycles.